The molecule has 0 saturated carbocycles. The molecule has 0 aromatic heterocycles. The van der Waals surface area contributed by atoms with E-state index in [4.69, 9.17) is 4.74 Å². The van der Waals surface area contributed by atoms with Gasteiger partial charge in [0.1, 0.15) is 0 Å². The Morgan fingerprint density at radius 3 is 3.20 bits per heavy atom. The molecule has 58 valence electrons. The third-order valence-electron chi connectivity index (χ3n) is 2.11. The summed E-state index contributed by atoms with van der Waals surface area (Å²) in [6.07, 6.45) is 1.77. The van der Waals surface area contributed by atoms with Crippen molar-refractivity contribution >= 4 is 11.8 Å². The van der Waals surface area contributed by atoms with Crippen molar-refractivity contribution in [1.82, 2.24) is 5.32 Å². The zero-order chi connectivity index (χ0) is 6.81. The summed E-state index contributed by atoms with van der Waals surface area (Å²) in [5.41, 5.74) is 0. The van der Waals surface area contributed by atoms with Crippen LogP contribution >= 0.6 is 11.8 Å². The van der Waals surface area contributed by atoms with Crippen LogP contribution in [0.2, 0.25) is 0 Å². The maximum Gasteiger partial charge on any atom is 0.0728 e. The van der Waals surface area contributed by atoms with Gasteiger partial charge >= 0.3 is 0 Å². The fraction of sp³-hybridized carbons (Fsp3) is 1.00. The van der Waals surface area contributed by atoms with E-state index in [0.717, 1.165) is 18.4 Å². The molecule has 2 nitrogen and oxygen atoms in total. The molecule has 2 aliphatic heterocycles. The number of thioether (sulfide) groups is 1. The third-order valence-corrected chi connectivity index (χ3v) is 3.41. The predicted octanol–water partition coefficient (Wildman–Crippen LogP) is 0.480. The Kier molecular flexibility index (Phi) is 2.16. The molecule has 0 aromatic carbocycles. The fourth-order valence-corrected chi connectivity index (χ4v) is 2.56. The Morgan fingerprint density at radius 1 is 1.40 bits per heavy atom. The second-order valence-corrected chi connectivity index (χ2v) is 4.17. The summed E-state index contributed by atoms with van der Waals surface area (Å²) in [4.78, 5) is 0. The first kappa shape index (κ1) is 6.95. The summed E-state index contributed by atoms with van der Waals surface area (Å²) < 4.78 is 5.41. The van der Waals surface area contributed by atoms with Crippen molar-refractivity contribution in [2.75, 3.05) is 25.4 Å². The number of hydrogen-bond donors (Lipinski definition) is 1. The molecule has 2 atom stereocenters. The highest BCUT2D eigenvalue weighted by atomic mass is 32.2. The largest absolute Gasteiger partial charge is 0.376 e. The Hall–Kier alpha value is 0.270. The molecule has 2 unspecified atom stereocenters. The summed E-state index contributed by atoms with van der Waals surface area (Å²) in [7, 11) is 0. The van der Waals surface area contributed by atoms with Gasteiger partial charge in [0.05, 0.1) is 18.0 Å². The summed E-state index contributed by atoms with van der Waals surface area (Å²) in [5, 5.41) is 4.19. The van der Waals surface area contributed by atoms with Crippen LogP contribution in [0.3, 0.4) is 0 Å². The van der Waals surface area contributed by atoms with E-state index in [-0.39, 0.29) is 0 Å². The molecular formula is C7H13NOS. The molecule has 1 N–H and O–H groups in total. The second kappa shape index (κ2) is 3.11. The van der Waals surface area contributed by atoms with E-state index in [9.17, 15) is 0 Å². The van der Waals surface area contributed by atoms with Gasteiger partial charge in [0, 0.05) is 12.3 Å². The Bertz CT molecular complexity index is 106. The summed E-state index contributed by atoms with van der Waals surface area (Å²) in [5.74, 6) is 1.25. The minimum absolute atomic E-state index is 0.567. The van der Waals surface area contributed by atoms with Crippen LogP contribution in [0.4, 0.5) is 0 Å². The first-order valence-corrected chi connectivity index (χ1v) is 4.95. The predicted molar refractivity (Wildman–Crippen MR) is 43.5 cm³/mol. The van der Waals surface area contributed by atoms with Gasteiger partial charge in [0.15, 0.2) is 0 Å². The summed E-state index contributed by atoms with van der Waals surface area (Å²) >= 11 is 2.06. The maximum atomic E-state index is 5.41. The minimum atomic E-state index is 0.567. The molecule has 10 heavy (non-hydrogen) atoms. The molecule has 2 fully saturated rings. The van der Waals surface area contributed by atoms with Crippen LogP contribution in [0, 0.1) is 0 Å². The first-order chi connectivity index (χ1) is 4.97. The lowest BCUT2D eigenvalue weighted by Gasteiger charge is -2.37. The zero-order valence-electron chi connectivity index (χ0n) is 6.01. The molecule has 2 heterocycles. The van der Waals surface area contributed by atoms with E-state index in [1.807, 2.05) is 0 Å². The van der Waals surface area contributed by atoms with E-state index >= 15 is 0 Å². The van der Waals surface area contributed by atoms with Gasteiger partial charge < -0.3 is 10.1 Å². The second-order valence-electron chi connectivity index (χ2n) is 2.82. The molecule has 0 aliphatic carbocycles. The van der Waals surface area contributed by atoms with Crippen molar-refractivity contribution in [2.24, 2.45) is 0 Å². The smallest absolute Gasteiger partial charge is 0.0728 e. The monoisotopic (exact) mass is 159 g/mol. The van der Waals surface area contributed by atoms with Gasteiger partial charge in [-0.1, -0.05) is 0 Å². The molecule has 0 amide bonds. The Balaban J connectivity index is 1.83. The number of hydrogen-bond acceptors (Lipinski definition) is 3. The van der Waals surface area contributed by atoms with Gasteiger partial charge in [-0.25, -0.2) is 0 Å². The van der Waals surface area contributed by atoms with Gasteiger partial charge in [-0.05, 0) is 13.0 Å². The van der Waals surface area contributed by atoms with Crippen molar-refractivity contribution in [3.05, 3.63) is 0 Å². The quantitative estimate of drug-likeness (QED) is 0.555. The van der Waals surface area contributed by atoms with Crippen molar-refractivity contribution < 1.29 is 4.74 Å². The van der Waals surface area contributed by atoms with Crippen molar-refractivity contribution in [1.29, 1.82) is 0 Å². The minimum Gasteiger partial charge on any atom is -0.376 e. The molecular weight excluding hydrogens is 146 g/mol. The van der Waals surface area contributed by atoms with Crippen LogP contribution in [0.5, 0.6) is 0 Å². The van der Waals surface area contributed by atoms with Gasteiger partial charge in [-0.15, -0.1) is 0 Å². The van der Waals surface area contributed by atoms with Gasteiger partial charge in [-0.3, -0.25) is 0 Å². The normalized spacial score (nSPS) is 40.8. The molecule has 0 aromatic rings. The van der Waals surface area contributed by atoms with E-state index in [1.54, 1.807) is 0 Å². The molecule has 0 radical (unpaired) electrons. The van der Waals surface area contributed by atoms with Crippen LogP contribution in [-0.4, -0.2) is 36.8 Å². The lowest BCUT2D eigenvalue weighted by atomic mass is 10.1. The average molecular weight is 159 g/mol. The zero-order valence-corrected chi connectivity index (χ0v) is 6.82. The van der Waals surface area contributed by atoms with E-state index in [0.29, 0.717) is 6.10 Å². The lowest BCUT2D eigenvalue weighted by Crippen LogP contribution is -2.46. The van der Waals surface area contributed by atoms with Crippen molar-refractivity contribution in [2.45, 2.75) is 17.8 Å². The molecule has 2 saturated heterocycles. The van der Waals surface area contributed by atoms with Gasteiger partial charge in [-0.2, -0.15) is 11.8 Å². The number of ether oxygens (including phenoxy) is 1. The topological polar surface area (TPSA) is 21.3 Å². The van der Waals surface area contributed by atoms with Crippen LogP contribution in [0.25, 0.3) is 0 Å². The molecule has 0 bridgehead atoms. The van der Waals surface area contributed by atoms with Gasteiger partial charge in [0.25, 0.3) is 0 Å². The highest BCUT2D eigenvalue weighted by Crippen LogP contribution is 2.28. The Morgan fingerprint density at radius 2 is 2.40 bits per heavy atom. The third kappa shape index (κ3) is 1.31. The van der Waals surface area contributed by atoms with E-state index in [1.165, 1.54) is 18.7 Å². The number of rotatable bonds is 0. The fourth-order valence-electron chi connectivity index (χ4n) is 1.39. The standard InChI is InChI=1S/C7H13NOS/c1-2-8-3-4-10-7-5-9-6(1)7/h6-8H,1-5H2. The Labute approximate surface area is 65.7 Å². The van der Waals surface area contributed by atoms with E-state index in [2.05, 4.69) is 17.1 Å². The first-order valence-electron chi connectivity index (χ1n) is 3.91. The molecule has 3 heteroatoms. The van der Waals surface area contributed by atoms with Crippen LogP contribution in [-0.2, 0) is 4.74 Å². The van der Waals surface area contributed by atoms with Crippen LogP contribution in [0.15, 0.2) is 0 Å². The van der Waals surface area contributed by atoms with Crippen molar-refractivity contribution in [3.63, 3.8) is 0 Å². The number of fused-ring (bicyclic) bond motifs is 1. The molecule has 2 rings (SSSR count). The summed E-state index contributed by atoms with van der Waals surface area (Å²) in [6.45, 7) is 3.31. The lowest BCUT2D eigenvalue weighted by molar-refractivity contribution is -0.0457. The van der Waals surface area contributed by atoms with Gasteiger partial charge in [0.2, 0.25) is 0 Å². The highest BCUT2D eigenvalue weighted by molar-refractivity contribution is 8.00. The van der Waals surface area contributed by atoms with Crippen LogP contribution < -0.4 is 5.32 Å². The molecule has 2 aliphatic rings. The van der Waals surface area contributed by atoms with Crippen LogP contribution in [0.1, 0.15) is 6.42 Å². The molecule has 0 spiro atoms. The maximum absolute atomic E-state index is 5.41. The summed E-state index contributed by atoms with van der Waals surface area (Å²) in [6, 6.07) is 0. The van der Waals surface area contributed by atoms with Crippen molar-refractivity contribution in [3.8, 4) is 0 Å². The highest BCUT2D eigenvalue weighted by Gasteiger charge is 2.32. The SMILES string of the molecule is C1CSC2COC2CCN1. The number of nitrogens with one attached hydrogen (secondary N) is 1. The van der Waals surface area contributed by atoms with E-state index < -0.39 is 0 Å². The average Bonchev–Trinajstić information content (AvgIpc) is 1.89.